The molecule has 0 bridgehead atoms. The van der Waals surface area contributed by atoms with Gasteiger partial charge in [-0.05, 0) is 56.4 Å². The monoisotopic (exact) mass is 538 g/mol. The minimum atomic E-state index is -4.81. The summed E-state index contributed by atoms with van der Waals surface area (Å²) < 4.78 is 42.7. The van der Waals surface area contributed by atoms with Crippen LogP contribution in [-0.4, -0.2) is 59.5 Å². The lowest BCUT2D eigenvalue weighted by atomic mass is 9.90. The van der Waals surface area contributed by atoms with Crippen LogP contribution in [0.15, 0.2) is 47.3 Å². The van der Waals surface area contributed by atoms with Crippen molar-refractivity contribution in [3.8, 4) is 0 Å². The Labute approximate surface area is 219 Å². The summed E-state index contributed by atoms with van der Waals surface area (Å²) in [6.45, 7) is 3.80. The van der Waals surface area contributed by atoms with E-state index in [1.165, 1.54) is 18.2 Å². The van der Waals surface area contributed by atoms with Gasteiger partial charge >= 0.3 is 6.36 Å². The van der Waals surface area contributed by atoms with Crippen molar-refractivity contribution in [3.63, 3.8) is 0 Å². The van der Waals surface area contributed by atoms with E-state index >= 15 is 0 Å². The van der Waals surface area contributed by atoms with Gasteiger partial charge < -0.3 is 15.0 Å². The lowest BCUT2D eigenvalue weighted by Crippen LogP contribution is -2.50. The summed E-state index contributed by atoms with van der Waals surface area (Å²) in [4.78, 5) is 27.7. The SMILES string of the molecule is CC1=NN(CCC(=O)N2CCCC[C@@H]2C(=O)Nc2ccc(C3CC=CC=C3OC(F)(F)F)c(Cl)c2)CC1. The number of hydrogen-bond acceptors (Lipinski definition) is 5. The Balaban J connectivity index is 1.40. The van der Waals surface area contributed by atoms with Crippen molar-refractivity contribution in [2.45, 2.75) is 63.8 Å². The standard InChI is InChI=1S/C26H30ClF3N4O3/c1-17-11-14-33(32-17)15-12-24(35)34-13-5-4-7-22(34)25(36)31-18-9-10-19(21(27)16-18)20-6-2-3-8-23(20)37-26(28,29)30/h2-3,8-10,16,20,22H,4-7,11-15H2,1H3,(H,31,36)/t20?,22-/m1/s1. The van der Waals surface area contributed by atoms with E-state index in [1.807, 2.05) is 11.9 Å². The van der Waals surface area contributed by atoms with E-state index in [2.05, 4.69) is 15.2 Å². The minimum Gasteiger partial charge on any atom is -0.410 e. The maximum Gasteiger partial charge on any atom is 0.572 e. The first kappa shape index (κ1) is 27.0. The number of rotatable bonds is 7. The number of hydrazone groups is 1. The van der Waals surface area contributed by atoms with Gasteiger partial charge in [-0.15, -0.1) is 13.2 Å². The number of piperidine rings is 1. The summed E-state index contributed by atoms with van der Waals surface area (Å²) in [5.41, 5.74) is 1.92. The molecule has 1 fully saturated rings. The van der Waals surface area contributed by atoms with Gasteiger partial charge in [-0.3, -0.25) is 14.6 Å². The molecule has 2 aliphatic heterocycles. The number of allylic oxidation sites excluding steroid dienone is 4. The zero-order valence-electron chi connectivity index (χ0n) is 20.6. The molecule has 1 saturated heterocycles. The summed E-state index contributed by atoms with van der Waals surface area (Å²) in [5.74, 6) is -1.32. The van der Waals surface area contributed by atoms with Crippen LogP contribution in [0.25, 0.3) is 0 Å². The van der Waals surface area contributed by atoms with Gasteiger partial charge in [0.05, 0.1) is 0 Å². The third kappa shape index (κ3) is 7.06. The summed E-state index contributed by atoms with van der Waals surface area (Å²) >= 11 is 6.44. The molecule has 0 saturated carbocycles. The number of hydrogen-bond donors (Lipinski definition) is 1. The molecule has 7 nitrogen and oxygen atoms in total. The van der Waals surface area contributed by atoms with Crippen LogP contribution in [0, 0.1) is 0 Å². The number of alkyl halides is 3. The van der Waals surface area contributed by atoms with Crippen LogP contribution in [-0.2, 0) is 14.3 Å². The molecule has 4 rings (SSSR count). The van der Waals surface area contributed by atoms with E-state index in [-0.39, 0.29) is 29.0 Å². The maximum atomic E-state index is 13.1. The first-order valence-corrected chi connectivity index (χ1v) is 12.8. The van der Waals surface area contributed by atoms with Gasteiger partial charge in [0.25, 0.3) is 0 Å². The normalized spacial score (nSPS) is 22.0. The van der Waals surface area contributed by atoms with E-state index in [4.69, 9.17) is 11.6 Å². The number of anilines is 1. The van der Waals surface area contributed by atoms with Crippen LogP contribution in [0.2, 0.25) is 5.02 Å². The Morgan fingerprint density at radius 3 is 2.76 bits per heavy atom. The number of nitrogens with one attached hydrogen (secondary N) is 1. The van der Waals surface area contributed by atoms with Crippen molar-refractivity contribution < 1.29 is 27.5 Å². The summed E-state index contributed by atoms with van der Waals surface area (Å²) in [5, 5.41) is 9.34. The van der Waals surface area contributed by atoms with Crippen molar-refractivity contribution in [1.82, 2.24) is 9.91 Å². The molecule has 3 aliphatic rings. The van der Waals surface area contributed by atoms with Crippen LogP contribution in [0.4, 0.5) is 18.9 Å². The van der Waals surface area contributed by atoms with E-state index in [0.717, 1.165) is 31.5 Å². The molecule has 1 N–H and O–H groups in total. The first-order chi connectivity index (χ1) is 17.6. The molecule has 37 heavy (non-hydrogen) atoms. The predicted octanol–water partition coefficient (Wildman–Crippen LogP) is 5.60. The zero-order chi connectivity index (χ0) is 26.6. The van der Waals surface area contributed by atoms with Crippen LogP contribution in [0.5, 0.6) is 0 Å². The largest absolute Gasteiger partial charge is 0.572 e. The molecule has 1 aliphatic carbocycles. The molecule has 1 unspecified atom stereocenters. The van der Waals surface area contributed by atoms with Crippen molar-refractivity contribution >= 4 is 34.8 Å². The number of ether oxygens (including phenoxy) is 1. The van der Waals surface area contributed by atoms with Crippen molar-refractivity contribution in [3.05, 3.63) is 52.8 Å². The van der Waals surface area contributed by atoms with Gasteiger partial charge in [0.15, 0.2) is 0 Å². The van der Waals surface area contributed by atoms with Crippen LogP contribution in [0.1, 0.15) is 56.9 Å². The van der Waals surface area contributed by atoms with Gasteiger partial charge in [0.2, 0.25) is 11.8 Å². The van der Waals surface area contributed by atoms with Gasteiger partial charge in [-0.2, -0.15) is 5.10 Å². The Morgan fingerprint density at radius 1 is 1.24 bits per heavy atom. The number of nitrogens with zero attached hydrogens (tertiary/aromatic N) is 3. The quantitative estimate of drug-likeness (QED) is 0.491. The highest BCUT2D eigenvalue weighted by atomic mass is 35.5. The number of carbonyl (C=O) groups is 2. The zero-order valence-corrected chi connectivity index (χ0v) is 21.3. The Morgan fingerprint density at radius 2 is 2.05 bits per heavy atom. The van der Waals surface area contributed by atoms with Crippen LogP contribution >= 0.6 is 11.6 Å². The molecule has 0 spiro atoms. The smallest absolute Gasteiger partial charge is 0.410 e. The fraction of sp³-hybridized carbons (Fsp3) is 0.500. The van der Waals surface area contributed by atoms with Gasteiger partial charge in [0, 0.05) is 54.8 Å². The topological polar surface area (TPSA) is 74.2 Å². The third-order valence-corrected chi connectivity index (χ3v) is 7.07. The molecule has 11 heteroatoms. The highest BCUT2D eigenvalue weighted by Gasteiger charge is 2.36. The number of likely N-dealkylation sites (tertiary alicyclic amines) is 1. The van der Waals surface area contributed by atoms with Gasteiger partial charge in [-0.1, -0.05) is 29.8 Å². The number of benzene rings is 1. The van der Waals surface area contributed by atoms with Crippen molar-refractivity contribution in [2.24, 2.45) is 5.10 Å². The van der Waals surface area contributed by atoms with E-state index < -0.39 is 18.3 Å². The second-order valence-electron chi connectivity index (χ2n) is 9.45. The molecule has 2 heterocycles. The summed E-state index contributed by atoms with van der Waals surface area (Å²) in [6, 6.07) is 4.12. The van der Waals surface area contributed by atoms with E-state index in [0.29, 0.717) is 37.2 Å². The molecule has 0 aromatic heterocycles. The number of amides is 2. The lowest BCUT2D eigenvalue weighted by molar-refractivity contribution is -0.307. The van der Waals surface area contributed by atoms with E-state index in [1.54, 1.807) is 23.1 Å². The molecular weight excluding hydrogens is 509 g/mol. The van der Waals surface area contributed by atoms with Crippen molar-refractivity contribution in [2.75, 3.05) is 25.0 Å². The summed E-state index contributed by atoms with van der Waals surface area (Å²) in [6.07, 6.45) is 3.43. The van der Waals surface area contributed by atoms with E-state index in [9.17, 15) is 22.8 Å². The molecule has 0 radical (unpaired) electrons. The Bertz CT molecular complexity index is 1120. The number of halogens is 4. The predicted molar refractivity (Wildman–Crippen MR) is 135 cm³/mol. The molecular formula is C26H30ClF3N4O3. The highest BCUT2D eigenvalue weighted by Crippen LogP contribution is 2.39. The second kappa shape index (κ2) is 11.6. The molecule has 2 amide bonds. The molecule has 1 aromatic rings. The molecule has 1 aromatic carbocycles. The van der Waals surface area contributed by atoms with Crippen molar-refractivity contribution in [1.29, 1.82) is 0 Å². The van der Waals surface area contributed by atoms with Crippen LogP contribution in [0.3, 0.4) is 0 Å². The average molecular weight is 539 g/mol. The average Bonchev–Trinajstić information content (AvgIpc) is 3.27. The summed E-state index contributed by atoms with van der Waals surface area (Å²) in [7, 11) is 0. The molecule has 200 valence electrons. The molecule has 2 atom stereocenters. The van der Waals surface area contributed by atoms with Crippen LogP contribution < -0.4 is 5.32 Å². The Hall–Kier alpha value is -3.01. The lowest BCUT2D eigenvalue weighted by Gasteiger charge is -2.35. The minimum absolute atomic E-state index is 0.0812. The fourth-order valence-corrected chi connectivity index (χ4v) is 5.22. The van der Waals surface area contributed by atoms with Gasteiger partial charge in [0.1, 0.15) is 11.8 Å². The first-order valence-electron chi connectivity index (χ1n) is 12.4. The van der Waals surface area contributed by atoms with Gasteiger partial charge in [-0.25, -0.2) is 0 Å². The highest BCUT2D eigenvalue weighted by molar-refractivity contribution is 6.31. The Kier molecular flexibility index (Phi) is 8.46. The fourth-order valence-electron chi connectivity index (χ4n) is 4.91. The number of carbonyl (C=O) groups excluding carboxylic acids is 2. The maximum absolute atomic E-state index is 13.1. The third-order valence-electron chi connectivity index (χ3n) is 6.74. The second-order valence-corrected chi connectivity index (χ2v) is 9.85.